The fourth-order valence-corrected chi connectivity index (χ4v) is 4.17. The Bertz CT molecular complexity index is 1760. The van der Waals surface area contributed by atoms with Gasteiger partial charge in [0.05, 0.1) is 38.0 Å². The summed E-state index contributed by atoms with van der Waals surface area (Å²) in [6.07, 6.45) is 1.11. The van der Waals surface area contributed by atoms with Crippen LogP contribution in [0.2, 0.25) is 0 Å². The van der Waals surface area contributed by atoms with Crippen LogP contribution in [0.3, 0.4) is 0 Å². The third kappa shape index (κ3) is 7.59. The Morgan fingerprint density at radius 1 is 0.778 bits per heavy atom. The van der Waals surface area contributed by atoms with Gasteiger partial charge in [0.2, 0.25) is 11.5 Å². The second-order valence-electron chi connectivity index (χ2n) is 9.36. The molecular formula is C32H28N4O9. The van der Waals surface area contributed by atoms with Crippen LogP contribution in [0.4, 0.5) is 11.4 Å². The first kappa shape index (κ1) is 31.7. The maximum absolute atomic E-state index is 13.1. The van der Waals surface area contributed by atoms with E-state index in [1.54, 1.807) is 30.3 Å². The average molecular weight is 613 g/mol. The molecule has 0 aliphatic carbocycles. The fraction of sp³-hybridized carbons (Fsp3) is 0.125. The van der Waals surface area contributed by atoms with Crippen molar-refractivity contribution in [3.05, 3.63) is 117 Å². The number of rotatable bonds is 11. The van der Waals surface area contributed by atoms with Gasteiger partial charge in [-0.3, -0.25) is 19.7 Å². The summed E-state index contributed by atoms with van der Waals surface area (Å²) in [5, 5.41) is 18.4. The third-order valence-electron chi connectivity index (χ3n) is 6.37. The monoisotopic (exact) mass is 612 g/mol. The molecular weight excluding hydrogens is 584 g/mol. The number of carbonyl (C=O) groups is 3. The van der Waals surface area contributed by atoms with E-state index in [0.29, 0.717) is 11.3 Å². The van der Waals surface area contributed by atoms with Crippen LogP contribution in [0, 0.1) is 17.0 Å². The molecule has 4 rings (SSSR count). The summed E-state index contributed by atoms with van der Waals surface area (Å²) >= 11 is 0. The highest BCUT2D eigenvalue weighted by atomic mass is 16.6. The highest BCUT2D eigenvalue weighted by molar-refractivity contribution is 6.04. The molecule has 0 bridgehead atoms. The SMILES string of the molecule is COc1cc(C(=O)Oc2c(/C=N/NC(=O)c3ccc(NC(=O)c4cccc(C)c4)cc3)cccc2[N+](=O)[O-])cc(OC)c1OC. The number of hydrogen-bond donors (Lipinski definition) is 2. The van der Waals surface area contributed by atoms with Gasteiger partial charge in [-0.25, -0.2) is 10.2 Å². The number of methoxy groups -OCH3 is 3. The number of nitrogens with zero attached hydrogens (tertiary/aromatic N) is 2. The van der Waals surface area contributed by atoms with E-state index in [-0.39, 0.29) is 39.8 Å². The van der Waals surface area contributed by atoms with Gasteiger partial charge in [-0.2, -0.15) is 5.10 Å². The Morgan fingerprint density at radius 3 is 2.04 bits per heavy atom. The summed E-state index contributed by atoms with van der Waals surface area (Å²) in [6, 6.07) is 19.9. The number of anilines is 1. The lowest BCUT2D eigenvalue weighted by Crippen LogP contribution is -2.18. The molecule has 2 amide bonds. The molecule has 0 spiro atoms. The maximum atomic E-state index is 13.1. The summed E-state index contributed by atoms with van der Waals surface area (Å²) < 4.78 is 21.2. The molecule has 0 radical (unpaired) electrons. The van der Waals surface area contributed by atoms with Crippen molar-refractivity contribution in [2.24, 2.45) is 5.10 Å². The lowest BCUT2D eigenvalue weighted by atomic mass is 10.1. The molecule has 0 aliphatic heterocycles. The number of nitro groups is 1. The summed E-state index contributed by atoms with van der Waals surface area (Å²) in [4.78, 5) is 49.3. The Hall–Kier alpha value is -6.24. The van der Waals surface area contributed by atoms with Crippen molar-refractivity contribution in [2.45, 2.75) is 6.92 Å². The minimum atomic E-state index is -0.947. The number of aryl methyl sites for hydroxylation is 1. The minimum absolute atomic E-state index is 0.0302. The van der Waals surface area contributed by atoms with Crippen LogP contribution in [0.5, 0.6) is 23.0 Å². The predicted octanol–water partition coefficient (Wildman–Crippen LogP) is 5.16. The molecule has 13 heteroatoms. The van der Waals surface area contributed by atoms with Crippen LogP contribution < -0.4 is 29.7 Å². The van der Waals surface area contributed by atoms with Crippen LogP contribution in [0.1, 0.15) is 42.2 Å². The summed E-state index contributed by atoms with van der Waals surface area (Å²) in [5.74, 6) is -1.63. The molecule has 0 unspecified atom stereocenters. The summed E-state index contributed by atoms with van der Waals surface area (Å²) in [6.45, 7) is 1.89. The van der Waals surface area contributed by atoms with Crippen molar-refractivity contribution in [2.75, 3.05) is 26.6 Å². The average Bonchev–Trinajstić information content (AvgIpc) is 3.04. The lowest BCUT2D eigenvalue weighted by molar-refractivity contribution is -0.385. The van der Waals surface area contributed by atoms with Gasteiger partial charge in [0.25, 0.3) is 11.8 Å². The normalized spacial score (nSPS) is 10.6. The number of esters is 1. The number of benzene rings is 4. The standard InChI is InChI=1S/C32H28N4O9/c1-19-7-5-8-21(15-19)30(37)34-24-13-11-20(12-14-24)31(38)35-33-18-22-9-6-10-25(36(40)41)28(22)45-32(39)23-16-26(42-2)29(44-4)27(17-23)43-3/h5-18H,1-4H3,(H,34,37)(H,35,38)/b33-18+. The Labute approximate surface area is 257 Å². The van der Waals surface area contributed by atoms with Crippen LogP contribution in [-0.4, -0.2) is 50.3 Å². The first-order valence-electron chi connectivity index (χ1n) is 13.3. The largest absolute Gasteiger partial charge is 0.493 e. The summed E-state index contributed by atoms with van der Waals surface area (Å²) in [5.41, 5.74) is 4.00. The lowest BCUT2D eigenvalue weighted by Gasteiger charge is -2.14. The molecule has 45 heavy (non-hydrogen) atoms. The topological polar surface area (TPSA) is 168 Å². The van der Waals surface area contributed by atoms with Crippen LogP contribution in [0.15, 0.2) is 84.0 Å². The zero-order chi connectivity index (χ0) is 32.5. The number of para-hydroxylation sites is 1. The van der Waals surface area contributed by atoms with Gasteiger partial charge in [-0.05, 0) is 61.5 Å². The number of amides is 2. The van der Waals surface area contributed by atoms with E-state index >= 15 is 0 Å². The van der Waals surface area contributed by atoms with E-state index in [4.69, 9.17) is 18.9 Å². The van der Waals surface area contributed by atoms with E-state index in [1.165, 1.54) is 57.7 Å². The second kappa shape index (κ2) is 14.3. The molecule has 0 saturated carbocycles. The smallest absolute Gasteiger partial charge is 0.344 e. The van der Waals surface area contributed by atoms with Crippen LogP contribution in [0.25, 0.3) is 0 Å². The van der Waals surface area contributed by atoms with Gasteiger partial charge in [0.1, 0.15) is 0 Å². The van der Waals surface area contributed by atoms with Gasteiger partial charge in [0.15, 0.2) is 11.5 Å². The van der Waals surface area contributed by atoms with Gasteiger partial charge >= 0.3 is 11.7 Å². The number of hydrazone groups is 1. The highest BCUT2D eigenvalue weighted by Crippen LogP contribution is 2.39. The van der Waals surface area contributed by atoms with E-state index in [1.807, 2.05) is 13.0 Å². The molecule has 4 aromatic carbocycles. The van der Waals surface area contributed by atoms with Gasteiger partial charge < -0.3 is 24.3 Å². The molecule has 0 fully saturated rings. The Kier molecular flexibility index (Phi) is 10.1. The number of hydrogen-bond acceptors (Lipinski definition) is 10. The number of nitro benzene ring substituents is 1. The van der Waals surface area contributed by atoms with E-state index in [0.717, 1.165) is 17.8 Å². The fourth-order valence-electron chi connectivity index (χ4n) is 4.17. The van der Waals surface area contributed by atoms with Gasteiger partial charge in [-0.15, -0.1) is 0 Å². The molecule has 0 aromatic heterocycles. The van der Waals surface area contributed by atoms with Gasteiger partial charge in [-0.1, -0.05) is 23.8 Å². The quantitative estimate of drug-likeness (QED) is 0.0764. The zero-order valence-corrected chi connectivity index (χ0v) is 24.7. The van der Waals surface area contributed by atoms with Gasteiger partial charge in [0, 0.05) is 28.4 Å². The van der Waals surface area contributed by atoms with Crippen LogP contribution >= 0.6 is 0 Å². The number of carbonyl (C=O) groups excluding carboxylic acids is 3. The maximum Gasteiger partial charge on any atom is 0.344 e. The van der Waals surface area contributed by atoms with E-state index in [2.05, 4.69) is 15.8 Å². The molecule has 230 valence electrons. The van der Waals surface area contributed by atoms with Crippen molar-refractivity contribution < 1.29 is 38.3 Å². The van der Waals surface area contributed by atoms with E-state index in [9.17, 15) is 24.5 Å². The molecule has 4 aromatic rings. The third-order valence-corrected chi connectivity index (χ3v) is 6.37. The molecule has 0 aliphatic rings. The molecule has 0 heterocycles. The minimum Gasteiger partial charge on any atom is -0.493 e. The summed E-state index contributed by atoms with van der Waals surface area (Å²) in [7, 11) is 4.14. The Balaban J connectivity index is 1.49. The predicted molar refractivity (Wildman–Crippen MR) is 165 cm³/mol. The molecule has 0 saturated heterocycles. The number of nitrogens with one attached hydrogen (secondary N) is 2. The molecule has 0 atom stereocenters. The Morgan fingerprint density at radius 2 is 1.44 bits per heavy atom. The van der Waals surface area contributed by atoms with Crippen LogP contribution in [-0.2, 0) is 0 Å². The first-order chi connectivity index (χ1) is 21.6. The second-order valence-corrected chi connectivity index (χ2v) is 9.36. The zero-order valence-electron chi connectivity index (χ0n) is 24.7. The molecule has 2 N–H and O–H groups in total. The van der Waals surface area contributed by atoms with Crippen molar-refractivity contribution in [3.8, 4) is 23.0 Å². The van der Waals surface area contributed by atoms with Crippen molar-refractivity contribution in [1.82, 2.24) is 5.43 Å². The van der Waals surface area contributed by atoms with Crippen molar-refractivity contribution in [1.29, 1.82) is 0 Å². The van der Waals surface area contributed by atoms with Crippen molar-refractivity contribution >= 4 is 35.4 Å². The van der Waals surface area contributed by atoms with E-state index < -0.39 is 28.2 Å². The highest BCUT2D eigenvalue weighted by Gasteiger charge is 2.24. The van der Waals surface area contributed by atoms with Crippen molar-refractivity contribution in [3.63, 3.8) is 0 Å². The first-order valence-corrected chi connectivity index (χ1v) is 13.3. The molecule has 13 nitrogen and oxygen atoms in total. The number of ether oxygens (including phenoxy) is 4.